The Morgan fingerprint density at radius 1 is 1.15 bits per heavy atom. The van der Waals surface area contributed by atoms with Crippen LogP contribution in [-0.2, 0) is 4.79 Å². The van der Waals surface area contributed by atoms with Crippen LogP contribution in [0.5, 0.6) is 5.75 Å². The number of rotatable bonds is 3. The van der Waals surface area contributed by atoms with E-state index in [1.165, 1.54) is 0 Å². The van der Waals surface area contributed by atoms with Crippen LogP contribution in [0.15, 0.2) is 24.3 Å². The zero-order chi connectivity index (χ0) is 14.1. The van der Waals surface area contributed by atoms with Crippen molar-refractivity contribution in [1.82, 2.24) is 0 Å². The molecule has 0 spiro atoms. The molecule has 3 rings (SSSR count). The summed E-state index contributed by atoms with van der Waals surface area (Å²) in [7, 11) is 0. The lowest BCUT2D eigenvalue weighted by Crippen LogP contribution is -2.52. The number of piperidine rings is 2. The monoisotopic (exact) mass is 281 g/mol. The van der Waals surface area contributed by atoms with Gasteiger partial charge in [0.1, 0.15) is 11.5 Å². The molecule has 2 saturated heterocycles. The van der Waals surface area contributed by atoms with E-state index in [-0.39, 0.29) is 23.6 Å². The van der Waals surface area contributed by atoms with Crippen LogP contribution in [0, 0.1) is 0 Å². The molecule has 20 heavy (non-hydrogen) atoms. The number of carbonyl (C=O) groups is 1. The van der Waals surface area contributed by atoms with Gasteiger partial charge in [0.15, 0.2) is 0 Å². The van der Waals surface area contributed by atoms with E-state index in [1.807, 2.05) is 6.07 Å². The minimum absolute atomic E-state index is 0.123. The number of para-hydroxylation sites is 2. The van der Waals surface area contributed by atoms with Crippen LogP contribution >= 0.6 is 0 Å². The minimum Gasteiger partial charge on any atom is -0.433 e. The third kappa shape index (κ3) is 2.49. The average Bonchev–Trinajstić information content (AvgIpc) is 2.38. The number of ketones is 1. The molecule has 0 N–H and O–H groups in total. The summed E-state index contributed by atoms with van der Waals surface area (Å²) in [5.74, 6) is 0.483. The number of hydrogen-bond acceptors (Lipinski definition) is 3. The maximum Gasteiger partial charge on any atom is 0.387 e. The summed E-state index contributed by atoms with van der Waals surface area (Å²) in [5, 5.41) is 0. The SMILES string of the molecule is O=C1CC2CCCC(C1)N2c1ccccc1OC(F)F. The number of carbonyl (C=O) groups excluding carboxylic acids is 1. The molecule has 2 aliphatic heterocycles. The summed E-state index contributed by atoms with van der Waals surface area (Å²) in [6.07, 6.45) is 3.99. The number of anilines is 1. The molecule has 1 aromatic rings. The number of fused-ring (bicyclic) bond motifs is 2. The molecule has 2 heterocycles. The summed E-state index contributed by atoms with van der Waals surface area (Å²) in [6, 6.07) is 7.12. The number of Topliss-reactive ketones (excluding diaryl/α,β-unsaturated/α-hetero) is 1. The fourth-order valence-corrected chi connectivity index (χ4v) is 3.43. The van der Waals surface area contributed by atoms with E-state index >= 15 is 0 Å². The Hall–Kier alpha value is -1.65. The molecule has 2 aliphatic rings. The molecule has 108 valence electrons. The summed E-state index contributed by atoms with van der Waals surface area (Å²) in [4.78, 5) is 13.9. The van der Waals surface area contributed by atoms with Crippen molar-refractivity contribution in [2.75, 3.05) is 4.90 Å². The van der Waals surface area contributed by atoms with Crippen molar-refractivity contribution in [1.29, 1.82) is 0 Å². The van der Waals surface area contributed by atoms with Crippen molar-refractivity contribution in [2.45, 2.75) is 50.8 Å². The predicted molar refractivity (Wildman–Crippen MR) is 71.2 cm³/mol. The summed E-state index contributed by atoms with van der Waals surface area (Å²) in [6.45, 7) is -2.83. The van der Waals surface area contributed by atoms with E-state index in [0.717, 1.165) is 19.3 Å². The Bertz CT molecular complexity index is 490. The molecule has 3 nitrogen and oxygen atoms in total. The maximum absolute atomic E-state index is 12.5. The predicted octanol–water partition coefficient (Wildman–Crippen LogP) is 3.38. The van der Waals surface area contributed by atoms with Crippen molar-refractivity contribution in [2.24, 2.45) is 0 Å². The topological polar surface area (TPSA) is 29.5 Å². The maximum atomic E-state index is 12.5. The van der Waals surface area contributed by atoms with E-state index in [1.54, 1.807) is 18.2 Å². The highest BCUT2D eigenvalue weighted by Crippen LogP contribution is 2.40. The van der Waals surface area contributed by atoms with Crippen LogP contribution in [0.4, 0.5) is 14.5 Å². The van der Waals surface area contributed by atoms with Crippen molar-refractivity contribution >= 4 is 11.5 Å². The van der Waals surface area contributed by atoms with Crippen molar-refractivity contribution in [3.63, 3.8) is 0 Å². The van der Waals surface area contributed by atoms with Crippen molar-refractivity contribution in [3.05, 3.63) is 24.3 Å². The summed E-state index contributed by atoms with van der Waals surface area (Å²) < 4.78 is 29.7. The second-order valence-corrected chi connectivity index (χ2v) is 5.44. The molecule has 0 aromatic heterocycles. The molecule has 5 heteroatoms. The second kappa shape index (κ2) is 5.38. The fraction of sp³-hybridized carbons (Fsp3) is 0.533. The molecule has 1 aromatic carbocycles. The van der Waals surface area contributed by atoms with Crippen LogP contribution in [-0.4, -0.2) is 24.5 Å². The van der Waals surface area contributed by atoms with Gasteiger partial charge in [-0.3, -0.25) is 4.79 Å². The molecule has 2 unspecified atom stereocenters. The van der Waals surface area contributed by atoms with Gasteiger partial charge in [0.25, 0.3) is 0 Å². The summed E-state index contributed by atoms with van der Waals surface area (Å²) in [5.41, 5.74) is 0.690. The van der Waals surface area contributed by atoms with Gasteiger partial charge in [-0.2, -0.15) is 8.78 Å². The van der Waals surface area contributed by atoms with Gasteiger partial charge in [-0.25, -0.2) is 0 Å². The fourth-order valence-electron chi connectivity index (χ4n) is 3.43. The highest BCUT2D eigenvalue weighted by molar-refractivity contribution is 5.83. The van der Waals surface area contributed by atoms with Crippen LogP contribution in [0.3, 0.4) is 0 Å². The highest BCUT2D eigenvalue weighted by Gasteiger charge is 2.38. The third-order valence-electron chi connectivity index (χ3n) is 4.15. The number of ether oxygens (including phenoxy) is 1. The molecular weight excluding hydrogens is 264 g/mol. The first-order valence-corrected chi connectivity index (χ1v) is 6.99. The first kappa shape index (κ1) is 13.3. The van der Waals surface area contributed by atoms with Crippen LogP contribution in [0.2, 0.25) is 0 Å². The minimum atomic E-state index is -2.83. The Morgan fingerprint density at radius 3 is 2.45 bits per heavy atom. The molecular formula is C15H17F2NO2. The molecule has 0 aliphatic carbocycles. The molecule has 2 bridgehead atoms. The smallest absolute Gasteiger partial charge is 0.387 e. The third-order valence-corrected chi connectivity index (χ3v) is 4.15. The van der Waals surface area contributed by atoms with Gasteiger partial charge in [0, 0.05) is 24.9 Å². The standard InChI is InChI=1S/C15H17F2NO2/c16-15(17)20-14-7-2-1-6-13(14)18-10-4-3-5-11(18)9-12(19)8-10/h1-2,6-7,10-11,15H,3-5,8-9H2. The van der Waals surface area contributed by atoms with Crippen LogP contribution < -0.4 is 9.64 Å². The molecule has 2 fully saturated rings. The van der Waals surface area contributed by atoms with Crippen LogP contribution in [0.1, 0.15) is 32.1 Å². The number of hydrogen-bond donors (Lipinski definition) is 0. The molecule has 0 amide bonds. The van der Waals surface area contributed by atoms with Gasteiger partial charge in [-0.1, -0.05) is 12.1 Å². The Labute approximate surface area is 116 Å². The lowest BCUT2D eigenvalue weighted by atomic mass is 9.83. The van der Waals surface area contributed by atoms with E-state index in [2.05, 4.69) is 9.64 Å². The first-order valence-electron chi connectivity index (χ1n) is 6.99. The van der Waals surface area contributed by atoms with Gasteiger partial charge in [0.05, 0.1) is 5.69 Å². The van der Waals surface area contributed by atoms with Crippen molar-refractivity contribution in [3.8, 4) is 5.75 Å². The number of halogens is 2. The highest BCUT2D eigenvalue weighted by atomic mass is 19.3. The van der Waals surface area contributed by atoms with Gasteiger partial charge in [-0.05, 0) is 31.4 Å². The Balaban J connectivity index is 1.94. The summed E-state index contributed by atoms with van der Waals surface area (Å²) >= 11 is 0. The second-order valence-electron chi connectivity index (χ2n) is 5.44. The number of alkyl halides is 2. The Morgan fingerprint density at radius 2 is 1.80 bits per heavy atom. The quantitative estimate of drug-likeness (QED) is 0.850. The number of nitrogens with zero attached hydrogens (tertiary/aromatic N) is 1. The average molecular weight is 281 g/mol. The zero-order valence-corrected chi connectivity index (χ0v) is 11.1. The van der Waals surface area contributed by atoms with Crippen LogP contribution in [0.25, 0.3) is 0 Å². The normalized spacial score (nSPS) is 25.9. The lowest BCUT2D eigenvalue weighted by Gasteiger charge is -2.47. The van der Waals surface area contributed by atoms with Crippen molar-refractivity contribution < 1.29 is 18.3 Å². The molecule has 0 radical (unpaired) electrons. The van der Waals surface area contributed by atoms with E-state index in [4.69, 9.17) is 0 Å². The van der Waals surface area contributed by atoms with Gasteiger partial charge in [0.2, 0.25) is 0 Å². The van der Waals surface area contributed by atoms with E-state index in [0.29, 0.717) is 18.5 Å². The lowest BCUT2D eigenvalue weighted by molar-refractivity contribution is -0.121. The molecule has 2 atom stereocenters. The van der Waals surface area contributed by atoms with Gasteiger partial charge < -0.3 is 9.64 Å². The van der Waals surface area contributed by atoms with E-state index < -0.39 is 6.61 Å². The van der Waals surface area contributed by atoms with Gasteiger partial charge >= 0.3 is 6.61 Å². The zero-order valence-electron chi connectivity index (χ0n) is 11.1. The largest absolute Gasteiger partial charge is 0.433 e. The Kier molecular flexibility index (Phi) is 3.59. The number of benzene rings is 1. The molecule has 0 saturated carbocycles. The first-order chi connectivity index (χ1) is 9.65. The van der Waals surface area contributed by atoms with Gasteiger partial charge in [-0.15, -0.1) is 0 Å². The van der Waals surface area contributed by atoms with E-state index in [9.17, 15) is 13.6 Å².